The van der Waals surface area contributed by atoms with Gasteiger partial charge in [0.25, 0.3) is 0 Å². The summed E-state index contributed by atoms with van der Waals surface area (Å²) >= 11 is 0. The number of hydrogen-bond acceptors (Lipinski definition) is 13. The van der Waals surface area contributed by atoms with E-state index in [1.165, 1.54) is 0 Å². The van der Waals surface area contributed by atoms with Crippen LogP contribution in [0.15, 0.2) is 11.6 Å². The van der Waals surface area contributed by atoms with Crippen molar-refractivity contribution in [3.05, 3.63) is 11.6 Å². The number of aliphatic hydroxyl groups excluding tert-OH is 4. The van der Waals surface area contributed by atoms with Crippen LogP contribution in [0.5, 0.6) is 0 Å². The van der Waals surface area contributed by atoms with Crippen LogP contribution in [0.4, 0.5) is 0 Å². The lowest BCUT2D eigenvalue weighted by Crippen LogP contribution is -2.71. The van der Waals surface area contributed by atoms with Crippen LogP contribution in [-0.4, -0.2) is 113 Å². The van der Waals surface area contributed by atoms with E-state index in [1.807, 2.05) is 0 Å². The Bertz CT molecular complexity index is 1440. The molecule has 3 aliphatic carbocycles. The molecule has 316 valence electrons. The summed E-state index contributed by atoms with van der Waals surface area (Å²) in [5, 5.41) is 51.3. The fraction of sp³-hybridized carbons (Fsp3) is 0.907. The number of carbonyl (C=O) groups is 2. The van der Waals surface area contributed by atoms with E-state index in [1.54, 1.807) is 13.0 Å². The number of nitrogens with one attached hydrogen (secondary N) is 2. The van der Waals surface area contributed by atoms with Crippen molar-refractivity contribution in [2.24, 2.45) is 76.6 Å². The predicted molar refractivity (Wildman–Crippen MR) is 207 cm³/mol. The molecule has 4 bridgehead atoms. The first-order chi connectivity index (χ1) is 26.9. The van der Waals surface area contributed by atoms with Crippen molar-refractivity contribution in [3.63, 3.8) is 0 Å². The maximum absolute atomic E-state index is 14.2. The van der Waals surface area contributed by atoms with Gasteiger partial charge in [0, 0.05) is 18.3 Å². The smallest absolute Gasteiger partial charge is 0.336 e. The average molecular weight is 787 g/mol. The molecule has 0 aromatic rings. The molecule has 8 fully saturated rings. The molecule has 5 saturated heterocycles. The Morgan fingerprint density at radius 2 is 1.70 bits per heavy atom. The largest absolute Gasteiger partial charge is 0.456 e. The van der Waals surface area contributed by atoms with Crippen LogP contribution in [0.3, 0.4) is 0 Å². The fourth-order valence-corrected chi connectivity index (χ4v) is 13.9. The number of ether oxygens (including phenoxy) is 3. The number of allylic oxidation sites excluding steroid dienone is 1. The van der Waals surface area contributed by atoms with Crippen LogP contribution >= 0.6 is 0 Å². The van der Waals surface area contributed by atoms with Gasteiger partial charge in [-0.2, -0.15) is 0 Å². The zero-order chi connectivity index (χ0) is 39.5. The molecule has 5 heterocycles. The van der Waals surface area contributed by atoms with Crippen LogP contribution in [0, 0.1) is 65.1 Å². The lowest BCUT2D eigenvalue weighted by atomic mass is 9.52. The predicted octanol–water partition coefficient (Wildman–Crippen LogP) is 1.72. The van der Waals surface area contributed by atoms with Gasteiger partial charge < -0.3 is 56.7 Å². The molecule has 8 aliphatic rings. The lowest BCUT2D eigenvalue weighted by molar-refractivity contribution is -0.308. The highest BCUT2D eigenvalue weighted by atomic mass is 16.6. The average Bonchev–Trinajstić information content (AvgIpc) is 3.23. The molecule has 10 N–H and O–H groups in total. The first-order valence-corrected chi connectivity index (χ1v) is 22.2. The second-order valence-electron chi connectivity index (χ2n) is 19.6. The van der Waals surface area contributed by atoms with Crippen molar-refractivity contribution >= 4 is 11.8 Å². The van der Waals surface area contributed by atoms with E-state index in [9.17, 15) is 30.0 Å². The summed E-state index contributed by atoms with van der Waals surface area (Å²) in [4.78, 5) is 28.0. The summed E-state index contributed by atoms with van der Waals surface area (Å²) in [5.74, 6) is -0.719. The Labute approximate surface area is 332 Å². The molecule has 0 aromatic carbocycles. The maximum Gasteiger partial charge on any atom is 0.336 e. The second-order valence-corrected chi connectivity index (χ2v) is 19.6. The van der Waals surface area contributed by atoms with Crippen LogP contribution in [-0.2, 0) is 23.8 Å². The number of esters is 1. The third-order valence-electron chi connectivity index (χ3n) is 16.8. The molecule has 20 atom stereocenters. The number of piperidine rings is 2. The third kappa shape index (κ3) is 7.58. The summed E-state index contributed by atoms with van der Waals surface area (Å²) in [6, 6.07) is 0. The minimum absolute atomic E-state index is 0.0252. The molecular weight excluding hydrogens is 716 g/mol. The Kier molecular flexibility index (Phi) is 12.4. The van der Waals surface area contributed by atoms with Gasteiger partial charge in [0.15, 0.2) is 0 Å². The molecular formula is C43H70N4O9. The van der Waals surface area contributed by atoms with Gasteiger partial charge in [0.1, 0.15) is 17.5 Å². The summed E-state index contributed by atoms with van der Waals surface area (Å²) < 4.78 is 21.0. The molecule has 0 aromatic heterocycles. The highest BCUT2D eigenvalue weighted by molar-refractivity contribution is 5.88. The van der Waals surface area contributed by atoms with Gasteiger partial charge >= 0.3 is 5.97 Å². The standard InChI is InChI=1S/C43H70N4O9/c1-3-22(19-48)42(53)55-33-17-31-38(52)37-32(51)16-28(20-49)54-40(37)36-30-15-25-14-27(50)8-7-23(25)5-6-24(35-29(30)10-11-46-41(35)45)13-26(43(33,2)56-39(31)36)12-21-4-9-34(44)47-18-21/h3,21,23-31,33-41,46-50,52H,4-20,44-45H2,1-2H3. The summed E-state index contributed by atoms with van der Waals surface area (Å²) in [6.07, 6.45) is 7.49. The number of carbonyl (C=O) groups excluding carboxylic acids is 2. The van der Waals surface area contributed by atoms with Gasteiger partial charge in [-0.1, -0.05) is 6.08 Å². The Morgan fingerprint density at radius 1 is 0.911 bits per heavy atom. The molecule has 13 nitrogen and oxygen atoms in total. The minimum Gasteiger partial charge on any atom is -0.456 e. The first-order valence-electron chi connectivity index (χ1n) is 22.2. The zero-order valence-corrected chi connectivity index (χ0v) is 33.6. The summed E-state index contributed by atoms with van der Waals surface area (Å²) in [7, 11) is 0. The molecule has 3 saturated carbocycles. The van der Waals surface area contributed by atoms with Crippen molar-refractivity contribution in [1.82, 2.24) is 10.6 Å². The molecule has 20 unspecified atom stereocenters. The molecule has 0 amide bonds. The van der Waals surface area contributed by atoms with Crippen LogP contribution in [0.25, 0.3) is 0 Å². The van der Waals surface area contributed by atoms with Crippen molar-refractivity contribution in [2.75, 3.05) is 26.3 Å². The van der Waals surface area contributed by atoms with Crippen molar-refractivity contribution in [3.8, 4) is 0 Å². The van der Waals surface area contributed by atoms with Crippen LogP contribution < -0.4 is 22.1 Å². The van der Waals surface area contributed by atoms with E-state index in [-0.39, 0.29) is 78.3 Å². The van der Waals surface area contributed by atoms with E-state index in [0.29, 0.717) is 24.2 Å². The molecule has 0 radical (unpaired) electrons. The Balaban J connectivity index is 1.31. The van der Waals surface area contributed by atoms with Gasteiger partial charge in [-0.05, 0) is 151 Å². The highest BCUT2D eigenvalue weighted by Gasteiger charge is 2.66. The van der Waals surface area contributed by atoms with Gasteiger partial charge in [-0.15, -0.1) is 0 Å². The second kappa shape index (κ2) is 16.9. The van der Waals surface area contributed by atoms with Gasteiger partial charge in [-0.3, -0.25) is 4.79 Å². The number of Topliss-reactive ketones (excluding diaryl/α,β-unsaturated/α-hetero) is 1. The molecule has 5 aliphatic heterocycles. The van der Waals surface area contributed by atoms with E-state index < -0.39 is 60.5 Å². The summed E-state index contributed by atoms with van der Waals surface area (Å²) in [6.45, 7) is 4.65. The molecule has 56 heavy (non-hydrogen) atoms. The number of fused-ring (bicyclic) bond motifs is 5. The van der Waals surface area contributed by atoms with Crippen molar-refractivity contribution in [1.29, 1.82) is 0 Å². The number of aliphatic hydroxyl groups is 4. The van der Waals surface area contributed by atoms with E-state index >= 15 is 0 Å². The minimum atomic E-state index is -1.09. The monoisotopic (exact) mass is 787 g/mol. The number of rotatable bonds is 6. The fourth-order valence-electron chi connectivity index (χ4n) is 13.9. The Hall–Kier alpha value is -1.52. The summed E-state index contributed by atoms with van der Waals surface area (Å²) in [5.41, 5.74) is 12.8. The van der Waals surface area contributed by atoms with E-state index in [0.717, 1.165) is 83.7 Å². The number of hydrogen-bond donors (Lipinski definition) is 8. The SMILES string of the molecule is CC=C(CO)C(=O)OC1CC2C(O)C3C(=O)CC(CO)OC3C3C4CC5CC(O)CCC5CCC(CC(CC5CCC(N)NC5)C1(C)OC23)C1C(N)NCCC41. The number of ketones is 1. The van der Waals surface area contributed by atoms with Crippen LogP contribution in [0.1, 0.15) is 97.3 Å². The first kappa shape index (κ1) is 41.2. The van der Waals surface area contributed by atoms with Gasteiger partial charge in [-0.25, -0.2) is 4.79 Å². The topological polar surface area (TPSA) is 219 Å². The Morgan fingerprint density at radius 3 is 2.43 bits per heavy atom. The van der Waals surface area contributed by atoms with Crippen molar-refractivity contribution in [2.45, 2.75) is 152 Å². The van der Waals surface area contributed by atoms with E-state index in [4.69, 9.17) is 25.7 Å². The lowest BCUT2D eigenvalue weighted by Gasteiger charge is -2.63. The van der Waals surface area contributed by atoms with Gasteiger partial charge in [0.2, 0.25) is 0 Å². The number of nitrogens with two attached hydrogens (primary N) is 2. The van der Waals surface area contributed by atoms with E-state index in [2.05, 4.69) is 17.6 Å². The quantitative estimate of drug-likeness (QED) is 0.142. The van der Waals surface area contributed by atoms with Gasteiger partial charge in [0.05, 0.1) is 67.6 Å². The molecule has 13 heteroatoms. The van der Waals surface area contributed by atoms with Crippen molar-refractivity contribution < 1.29 is 44.2 Å². The maximum atomic E-state index is 14.2. The zero-order valence-electron chi connectivity index (χ0n) is 33.6. The highest BCUT2D eigenvalue weighted by Crippen LogP contribution is 2.60. The molecule has 0 spiro atoms. The van der Waals surface area contributed by atoms with Crippen LogP contribution in [0.2, 0.25) is 0 Å². The third-order valence-corrected chi connectivity index (χ3v) is 16.8. The molecule has 8 rings (SSSR count). The normalized spacial score (nSPS) is 51.0.